The number of nitrogens with one attached hydrogen (secondary N) is 1. The summed E-state index contributed by atoms with van der Waals surface area (Å²) in [5.74, 6) is 0.0416. The number of sulfonamides is 1. The SMILES string of the molecule is C[C@H]1[C@H](C)CCC[C@H]1NC(=O)Cn1c(=O)oc2cc(S(=O)(=O)N3CCCCCC3)ccc21. The van der Waals surface area contributed by atoms with Crippen molar-refractivity contribution in [3.63, 3.8) is 0 Å². The molecule has 4 rings (SSSR count). The maximum atomic E-state index is 13.1. The van der Waals surface area contributed by atoms with Gasteiger partial charge in [0.15, 0.2) is 5.58 Å². The summed E-state index contributed by atoms with van der Waals surface area (Å²) in [6.45, 7) is 5.21. The Balaban J connectivity index is 1.53. The first-order valence-corrected chi connectivity index (χ1v) is 13.1. The zero-order valence-electron chi connectivity index (χ0n) is 18.9. The van der Waals surface area contributed by atoms with Gasteiger partial charge < -0.3 is 9.73 Å². The number of oxazole rings is 1. The molecule has 1 aromatic carbocycles. The van der Waals surface area contributed by atoms with Crippen LogP contribution in [0.25, 0.3) is 11.1 Å². The maximum absolute atomic E-state index is 13.1. The molecule has 2 fully saturated rings. The molecule has 2 heterocycles. The number of hydrogen-bond acceptors (Lipinski definition) is 5. The maximum Gasteiger partial charge on any atom is 0.420 e. The summed E-state index contributed by atoms with van der Waals surface area (Å²) in [7, 11) is -3.65. The van der Waals surface area contributed by atoms with Crippen molar-refractivity contribution in [1.82, 2.24) is 14.2 Å². The standard InChI is InChI=1S/C23H33N3O5S/c1-16-8-7-9-19(17(16)2)24-22(27)15-26-20-11-10-18(14-21(20)31-23(26)28)32(29,30)25-12-5-3-4-6-13-25/h10-11,14,16-17,19H,3-9,12-13,15H2,1-2H3,(H,24,27)/t16-,17+,19-/m1/s1. The summed E-state index contributed by atoms with van der Waals surface area (Å²) < 4.78 is 34.2. The van der Waals surface area contributed by atoms with Crippen molar-refractivity contribution in [2.24, 2.45) is 11.8 Å². The number of benzene rings is 1. The molecule has 8 nitrogen and oxygen atoms in total. The minimum Gasteiger partial charge on any atom is -0.408 e. The second kappa shape index (κ2) is 9.39. The summed E-state index contributed by atoms with van der Waals surface area (Å²) in [5, 5.41) is 3.07. The lowest BCUT2D eigenvalue weighted by Crippen LogP contribution is -2.45. The van der Waals surface area contributed by atoms with Gasteiger partial charge in [0.25, 0.3) is 0 Å². The van der Waals surface area contributed by atoms with Gasteiger partial charge >= 0.3 is 5.76 Å². The normalized spacial score (nSPS) is 25.5. The molecule has 0 radical (unpaired) electrons. The van der Waals surface area contributed by atoms with E-state index in [0.717, 1.165) is 38.5 Å². The molecule has 1 amide bonds. The Kier molecular flexibility index (Phi) is 6.76. The van der Waals surface area contributed by atoms with E-state index in [1.165, 1.54) is 27.4 Å². The van der Waals surface area contributed by atoms with E-state index in [2.05, 4.69) is 19.2 Å². The number of aromatic nitrogens is 1. The number of hydrogen-bond donors (Lipinski definition) is 1. The molecule has 1 saturated heterocycles. The highest BCUT2D eigenvalue weighted by Gasteiger charge is 2.29. The van der Waals surface area contributed by atoms with Crippen LogP contribution in [-0.2, 0) is 21.4 Å². The number of nitrogens with zero attached hydrogens (tertiary/aromatic N) is 2. The monoisotopic (exact) mass is 463 g/mol. The van der Waals surface area contributed by atoms with Gasteiger partial charge in [0, 0.05) is 25.2 Å². The molecule has 1 N–H and O–H groups in total. The number of amides is 1. The molecular weight excluding hydrogens is 430 g/mol. The number of carbonyl (C=O) groups is 1. The van der Waals surface area contributed by atoms with E-state index in [0.29, 0.717) is 30.4 Å². The van der Waals surface area contributed by atoms with E-state index in [4.69, 9.17) is 4.42 Å². The van der Waals surface area contributed by atoms with Crippen molar-refractivity contribution >= 4 is 27.0 Å². The van der Waals surface area contributed by atoms with Gasteiger partial charge in [-0.2, -0.15) is 4.31 Å². The van der Waals surface area contributed by atoms with Crippen LogP contribution in [0.5, 0.6) is 0 Å². The van der Waals surface area contributed by atoms with Crippen LogP contribution in [0, 0.1) is 11.8 Å². The highest BCUT2D eigenvalue weighted by Crippen LogP contribution is 2.29. The summed E-state index contributed by atoms with van der Waals surface area (Å²) in [6.07, 6.45) is 6.95. The Hall–Kier alpha value is -2.13. The Morgan fingerprint density at radius 3 is 2.53 bits per heavy atom. The fraction of sp³-hybridized carbons (Fsp3) is 0.652. The van der Waals surface area contributed by atoms with Crippen LogP contribution in [0.1, 0.15) is 58.8 Å². The first kappa shape index (κ1) is 23.0. The third kappa shape index (κ3) is 4.64. The number of rotatable bonds is 5. The molecule has 0 unspecified atom stereocenters. The molecule has 0 spiro atoms. The molecule has 32 heavy (non-hydrogen) atoms. The van der Waals surface area contributed by atoms with Gasteiger partial charge in [0.05, 0.1) is 10.4 Å². The molecule has 1 aromatic heterocycles. The Bertz CT molecular complexity index is 1130. The smallest absolute Gasteiger partial charge is 0.408 e. The van der Waals surface area contributed by atoms with E-state index < -0.39 is 15.8 Å². The van der Waals surface area contributed by atoms with Crippen LogP contribution in [0.3, 0.4) is 0 Å². The third-order valence-corrected chi connectivity index (χ3v) is 9.09. The average Bonchev–Trinajstić information content (AvgIpc) is 2.93. The molecule has 1 saturated carbocycles. The van der Waals surface area contributed by atoms with Crippen molar-refractivity contribution in [3.8, 4) is 0 Å². The largest absolute Gasteiger partial charge is 0.420 e. The van der Waals surface area contributed by atoms with Crippen LogP contribution in [0.15, 0.2) is 32.3 Å². The quantitative estimate of drug-likeness (QED) is 0.734. The van der Waals surface area contributed by atoms with E-state index in [1.54, 1.807) is 6.07 Å². The lowest BCUT2D eigenvalue weighted by atomic mass is 9.78. The molecule has 2 aromatic rings. The van der Waals surface area contributed by atoms with Crippen LogP contribution in [-0.4, -0.2) is 42.3 Å². The molecule has 2 aliphatic rings. The van der Waals surface area contributed by atoms with Gasteiger partial charge in [0.1, 0.15) is 6.54 Å². The van der Waals surface area contributed by atoms with Gasteiger partial charge in [-0.1, -0.05) is 39.5 Å². The lowest BCUT2D eigenvalue weighted by molar-refractivity contribution is -0.123. The Morgan fingerprint density at radius 2 is 1.81 bits per heavy atom. The minimum absolute atomic E-state index is 0.102. The summed E-state index contributed by atoms with van der Waals surface area (Å²) >= 11 is 0. The number of carbonyl (C=O) groups excluding carboxylic acids is 1. The van der Waals surface area contributed by atoms with Crippen LogP contribution >= 0.6 is 0 Å². The molecule has 1 aliphatic carbocycles. The van der Waals surface area contributed by atoms with Crippen molar-refractivity contribution in [2.45, 2.75) is 76.3 Å². The average molecular weight is 464 g/mol. The second-order valence-electron chi connectivity index (χ2n) is 9.34. The van der Waals surface area contributed by atoms with Gasteiger partial charge in [-0.15, -0.1) is 0 Å². The molecular formula is C23H33N3O5S. The summed E-state index contributed by atoms with van der Waals surface area (Å²) in [5.41, 5.74) is 0.600. The topological polar surface area (TPSA) is 102 Å². The molecule has 3 atom stereocenters. The van der Waals surface area contributed by atoms with Crippen LogP contribution in [0.2, 0.25) is 0 Å². The predicted octanol–water partition coefficient (Wildman–Crippen LogP) is 3.10. The molecule has 1 aliphatic heterocycles. The van der Waals surface area contributed by atoms with E-state index >= 15 is 0 Å². The van der Waals surface area contributed by atoms with E-state index in [-0.39, 0.29) is 29.0 Å². The minimum atomic E-state index is -3.65. The van der Waals surface area contributed by atoms with E-state index in [1.807, 2.05) is 0 Å². The second-order valence-corrected chi connectivity index (χ2v) is 11.3. The van der Waals surface area contributed by atoms with Crippen LogP contribution in [0.4, 0.5) is 0 Å². The highest BCUT2D eigenvalue weighted by molar-refractivity contribution is 7.89. The first-order chi connectivity index (χ1) is 15.3. The fourth-order valence-electron chi connectivity index (χ4n) is 4.97. The number of fused-ring (bicyclic) bond motifs is 1. The van der Waals surface area contributed by atoms with Gasteiger partial charge in [-0.05, 0) is 43.2 Å². The van der Waals surface area contributed by atoms with Crippen molar-refractivity contribution in [1.29, 1.82) is 0 Å². The van der Waals surface area contributed by atoms with Crippen molar-refractivity contribution < 1.29 is 17.6 Å². The molecule has 0 bridgehead atoms. The van der Waals surface area contributed by atoms with Crippen molar-refractivity contribution in [3.05, 3.63) is 28.7 Å². The summed E-state index contributed by atoms with van der Waals surface area (Å²) in [4.78, 5) is 25.2. The van der Waals surface area contributed by atoms with Crippen molar-refractivity contribution in [2.75, 3.05) is 13.1 Å². The van der Waals surface area contributed by atoms with E-state index in [9.17, 15) is 18.0 Å². The third-order valence-electron chi connectivity index (χ3n) is 7.20. The summed E-state index contributed by atoms with van der Waals surface area (Å²) in [6, 6.07) is 4.56. The zero-order chi connectivity index (χ0) is 22.9. The lowest BCUT2D eigenvalue weighted by Gasteiger charge is -2.34. The fourth-order valence-corrected chi connectivity index (χ4v) is 6.50. The van der Waals surface area contributed by atoms with Gasteiger partial charge in [-0.25, -0.2) is 13.2 Å². The molecule has 176 valence electrons. The highest BCUT2D eigenvalue weighted by atomic mass is 32.2. The van der Waals surface area contributed by atoms with Gasteiger partial charge in [0.2, 0.25) is 15.9 Å². The van der Waals surface area contributed by atoms with Crippen LogP contribution < -0.4 is 11.1 Å². The molecule has 9 heteroatoms. The van der Waals surface area contributed by atoms with Gasteiger partial charge in [-0.3, -0.25) is 9.36 Å². The predicted molar refractivity (Wildman–Crippen MR) is 122 cm³/mol. The zero-order valence-corrected chi connectivity index (χ0v) is 19.7. The Morgan fingerprint density at radius 1 is 1.09 bits per heavy atom. The Labute approximate surface area is 189 Å². The first-order valence-electron chi connectivity index (χ1n) is 11.7.